The van der Waals surface area contributed by atoms with Gasteiger partial charge in [0, 0.05) is 28.8 Å². The van der Waals surface area contributed by atoms with E-state index < -0.39 is 0 Å². The highest BCUT2D eigenvalue weighted by Gasteiger charge is 2.32. The van der Waals surface area contributed by atoms with E-state index in [1.807, 2.05) is 30.3 Å². The molecular weight excluding hydrogens is 508 g/mol. The van der Waals surface area contributed by atoms with E-state index in [2.05, 4.69) is 73.2 Å². The molecule has 0 saturated carbocycles. The van der Waals surface area contributed by atoms with Gasteiger partial charge in [-0.25, -0.2) is 4.99 Å². The molecule has 0 aliphatic carbocycles. The van der Waals surface area contributed by atoms with Crippen LogP contribution in [0.4, 0.5) is 5.69 Å². The number of ether oxygens (including phenoxy) is 1. The van der Waals surface area contributed by atoms with E-state index in [0.29, 0.717) is 13.0 Å². The summed E-state index contributed by atoms with van der Waals surface area (Å²) in [5, 5.41) is 9.56. The van der Waals surface area contributed by atoms with Crippen LogP contribution in [0, 0.1) is 0 Å². The number of hydrogen-bond donors (Lipinski definition) is 1. The molecule has 0 amide bonds. The van der Waals surface area contributed by atoms with Crippen LogP contribution in [0.15, 0.2) is 80.7 Å². The van der Waals surface area contributed by atoms with Gasteiger partial charge in [0.05, 0.1) is 23.3 Å². The SMILES string of the molecule is COc1ccc(C2=Nc3ccc(Br)cc3C(c3ccccc3)N2CCCO)cc1Br. The van der Waals surface area contributed by atoms with Crippen molar-refractivity contribution in [3.63, 3.8) is 0 Å². The molecule has 30 heavy (non-hydrogen) atoms. The maximum absolute atomic E-state index is 9.56. The molecule has 0 aromatic heterocycles. The minimum Gasteiger partial charge on any atom is -0.496 e. The van der Waals surface area contributed by atoms with E-state index in [1.165, 1.54) is 5.56 Å². The second-order valence-corrected chi connectivity index (χ2v) is 8.84. The number of nitrogens with zero attached hydrogens (tertiary/aromatic N) is 2. The van der Waals surface area contributed by atoms with Crippen molar-refractivity contribution in [3.8, 4) is 5.75 Å². The highest BCUT2D eigenvalue weighted by Crippen LogP contribution is 2.42. The zero-order chi connectivity index (χ0) is 21.1. The molecule has 1 aliphatic heterocycles. The van der Waals surface area contributed by atoms with Crippen molar-refractivity contribution in [1.82, 2.24) is 4.90 Å². The highest BCUT2D eigenvalue weighted by atomic mass is 79.9. The van der Waals surface area contributed by atoms with E-state index in [0.717, 1.165) is 37.3 Å². The van der Waals surface area contributed by atoms with Gasteiger partial charge in [-0.2, -0.15) is 0 Å². The first kappa shape index (κ1) is 21.1. The van der Waals surface area contributed by atoms with Gasteiger partial charge in [-0.3, -0.25) is 0 Å². The van der Waals surface area contributed by atoms with E-state index in [4.69, 9.17) is 9.73 Å². The number of rotatable bonds is 6. The fourth-order valence-electron chi connectivity index (χ4n) is 3.82. The van der Waals surface area contributed by atoms with Crippen molar-refractivity contribution in [1.29, 1.82) is 0 Å². The van der Waals surface area contributed by atoms with Crippen molar-refractivity contribution in [2.45, 2.75) is 12.5 Å². The number of aliphatic hydroxyl groups is 1. The first-order valence-electron chi connectivity index (χ1n) is 9.77. The lowest BCUT2D eigenvalue weighted by atomic mass is 9.92. The predicted molar refractivity (Wildman–Crippen MR) is 128 cm³/mol. The smallest absolute Gasteiger partial charge is 0.137 e. The molecule has 0 bridgehead atoms. The second kappa shape index (κ2) is 9.33. The number of aliphatic imine (C=N–C) groups is 1. The lowest BCUT2D eigenvalue weighted by Crippen LogP contribution is -2.39. The molecular formula is C24H22Br2N2O2. The van der Waals surface area contributed by atoms with E-state index in [1.54, 1.807) is 7.11 Å². The number of aliphatic hydroxyl groups excluding tert-OH is 1. The Hall–Kier alpha value is -2.15. The van der Waals surface area contributed by atoms with Gasteiger partial charge in [0.2, 0.25) is 0 Å². The van der Waals surface area contributed by atoms with Crippen LogP contribution < -0.4 is 4.74 Å². The maximum atomic E-state index is 9.56. The maximum Gasteiger partial charge on any atom is 0.137 e. The van der Waals surface area contributed by atoms with E-state index in [9.17, 15) is 5.11 Å². The minimum atomic E-state index is -0.00127. The Morgan fingerprint density at radius 1 is 1.03 bits per heavy atom. The molecule has 6 heteroatoms. The van der Waals surface area contributed by atoms with Gasteiger partial charge >= 0.3 is 0 Å². The molecule has 0 fully saturated rings. The van der Waals surface area contributed by atoms with E-state index >= 15 is 0 Å². The van der Waals surface area contributed by atoms with E-state index in [-0.39, 0.29) is 12.6 Å². The zero-order valence-corrected chi connectivity index (χ0v) is 19.7. The summed E-state index contributed by atoms with van der Waals surface area (Å²) in [6.45, 7) is 0.813. The monoisotopic (exact) mass is 528 g/mol. The van der Waals surface area contributed by atoms with Gasteiger partial charge in [0.25, 0.3) is 0 Å². The number of methoxy groups -OCH3 is 1. The summed E-state index contributed by atoms with van der Waals surface area (Å²) in [4.78, 5) is 7.33. The van der Waals surface area contributed by atoms with Crippen LogP contribution in [0.5, 0.6) is 5.75 Å². The number of amidine groups is 1. The molecule has 1 heterocycles. The van der Waals surface area contributed by atoms with Crippen LogP contribution in [-0.4, -0.2) is 36.1 Å². The Kier molecular flexibility index (Phi) is 6.56. The van der Waals surface area contributed by atoms with Gasteiger partial charge in [-0.1, -0.05) is 46.3 Å². The standard InChI is InChI=1S/C24H22Br2N2O2/c1-30-22-11-8-17(14-20(22)26)24-27-21-10-9-18(25)15-19(21)23(28(24)12-5-13-29)16-6-3-2-4-7-16/h2-4,6-11,14-15,23,29H,5,12-13H2,1H3. The molecule has 3 aromatic rings. The topological polar surface area (TPSA) is 45.1 Å². The van der Waals surface area contributed by atoms with Gasteiger partial charge in [0.1, 0.15) is 11.6 Å². The van der Waals surface area contributed by atoms with Crippen LogP contribution in [0.1, 0.15) is 29.2 Å². The normalized spacial score (nSPS) is 15.5. The highest BCUT2D eigenvalue weighted by molar-refractivity contribution is 9.10. The summed E-state index contributed by atoms with van der Waals surface area (Å²) in [5.74, 6) is 1.66. The first-order valence-corrected chi connectivity index (χ1v) is 11.4. The van der Waals surface area contributed by atoms with Crippen molar-refractivity contribution in [3.05, 3.63) is 92.4 Å². The molecule has 4 rings (SSSR count). The fourth-order valence-corrected chi connectivity index (χ4v) is 4.74. The quantitative estimate of drug-likeness (QED) is 0.420. The fraction of sp³-hybridized carbons (Fsp3) is 0.208. The van der Waals surface area contributed by atoms with Crippen LogP contribution >= 0.6 is 31.9 Å². The lowest BCUT2D eigenvalue weighted by molar-refractivity contribution is 0.254. The van der Waals surface area contributed by atoms with Gasteiger partial charge in [-0.15, -0.1) is 0 Å². The molecule has 1 aliphatic rings. The molecule has 0 spiro atoms. The van der Waals surface area contributed by atoms with Gasteiger partial charge in [0.15, 0.2) is 0 Å². The Morgan fingerprint density at radius 3 is 2.53 bits per heavy atom. The number of fused-ring (bicyclic) bond motifs is 1. The molecule has 1 unspecified atom stereocenters. The Labute approximate surface area is 193 Å². The van der Waals surface area contributed by atoms with Crippen LogP contribution in [0.3, 0.4) is 0 Å². The van der Waals surface area contributed by atoms with Gasteiger partial charge in [-0.05, 0) is 64.3 Å². The van der Waals surface area contributed by atoms with Crippen LogP contribution in [-0.2, 0) is 0 Å². The van der Waals surface area contributed by atoms with Crippen LogP contribution in [0.25, 0.3) is 0 Å². The third-order valence-corrected chi connectivity index (χ3v) is 6.29. The van der Waals surface area contributed by atoms with Crippen molar-refractivity contribution in [2.24, 2.45) is 4.99 Å². The molecule has 154 valence electrons. The van der Waals surface area contributed by atoms with Gasteiger partial charge < -0.3 is 14.7 Å². The zero-order valence-electron chi connectivity index (χ0n) is 16.6. The number of hydrogen-bond acceptors (Lipinski definition) is 4. The Balaban J connectivity index is 1.91. The molecule has 0 saturated heterocycles. The number of halogens is 2. The third kappa shape index (κ3) is 4.17. The first-order chi connectivity index (χ1) is 14.6. The number of benzene rings is 3. The average molecular weight is 530 g/mol. The summed E-state index contributed by atoms with van der Waals surface area (Å²) in [6, 6.07) is 22.7. The third-order valence-electron chi connectivity index (χ3n) is 5.18. The lowest BCUT2D eigenvalue weighted by Gasteiger charge is -2.39. The largest absolute Gasteiger partial charge is 0.496 e. The summed E-state index contributed by atoms with van der Waals surface area (Å²) in [7, 11) is 1.66. The summed E-state index contributed by atoms with van der Waals surface area (Å²) in [6.07, 6.45) is 0.656. The Bertz CT molecular complexity index is 1070. The second-order valence-electron chi connectivity index (χ2n) is 7.07. The molecule has 4 nitrogen and oxygen atoms in total. The molecule has 1 atom stereocenters. The van der Waals surface area contributed by atoms with Crippen molar-refractivity contribution < 1.29 is 9.84 Å². The summed E-state index contributed by atoms with van der Waals surface area (Å²) >= 11 is 7.22. The van der Waals surface area contributed by atoms with Crippen molar-refractivity contribution >= 4 is 43.4 Å². The predicted octanol–water partition coefficient (Wildman–Crippen LogP) is 6.09. The minimum absolute atomic E-state index is 0.00127. The average Bonchev–Trinajstić information content (AvgIpc) is 2.77. The van der Waals surface area contributed by atoms with Crippen LogP contribution in [0.2, 0.25) is 0 Å². The Morgan fingerprint density at radius 2 is 1.83 bits per heavy atom. The molecule has 0 radical (unpaired) electrons. The molecule has 1 N–H and O–H groups in total. The summed E-state index contributed by atoms with van der Waals surface area (Å²) < 4.78 is 7.30. The van der Waals surface area contributed by atoms with Crippen molar-refractivity contribution in [2.75, 3.05) is 20.3 Å². The summed E-state index contributed by atoms with van der Waals surface area (Å²) in [5.41, 5.74) is 4.28. The molecule has 3 aromatic carbocycles.